The Morgan fingerprint density at radius 1 is 1.12 bits per heavy atom. The molecule has 0 bridgehead atoms. The smallest absolute Gasteiger partial charge is 0.220 e. The molecule has 2 aromatic carbocycles. The van der Waals surface area contributed by atoms with Crippen molar-refractivity contribution in [2.75, 3.05) is 6.61 Å². The lowest BCUT2D eigenvalue weighted by molar-refractivity contribution is 0.264. The summed E-state index contributed by atoms with van der Waals surface area (Å²) < 4.78 is 0. The average molecular weight is 339 g/mol. The Kier molecular flexibility index (Phi) is 5.03. The predicted octanol–water partition coefficient (Wildman–Crippen LogP) is 3.19. The third-order valence-electron chi connectivity index (χ3n) is 3.95. The number of hydrogen-bond acceptors (Lipinski definition) is 5. The molecule has 1 atom stereocenters. The Morgan fingerprint density at radius 2 is 1.92 bits per heavy atom. The van der Waals surface area contributed by atoms with Crippen LogP contribution in [0.4, 0.5) is 0 Å². The van der Waals surface area contributed by atoms with Crippen molar-refractivity contribution >= 4 is 11.3 Å². The summed E-state index contributed by atoms with van der Waals surface area (Å²) in [7, 11) is 0. The molecule has 0 aliphatic rings. The molecule has 122 valence electrons. The number of aromatic hydroxyl groups is 1. The first kappa shape index (κ1) is 16.4. The summed E-state index contributed by atoms with van der Waals surface area (Å²) in [6.07, 6.45) is 0.646. The molecule has 1 heterocycles. The van der Waals surface area contributed by atoms with Gasteiger partial charge in [0.05, 0.1) is 17.8 Å². The van der Waals surface area contributed by atoms with Crippen molar-refractivity contribution in [3.8, 4) is 17.0 Å². The highest BCUT2D eigenvalue weighted by Crippen LogP contribution is 2.29. The molecule has 0 spiro atoms. The summed E-state index contributed by atoms with van der Waals surface area (Å²) >= 11 is 1.39. The highest BCUT2D eigenvalue weighted by atomic mass is 32.1. The second-order valence-corrected chi connectivity index (χ2v) is 6.27. The fourth-order valence-corrected chi connectivity index (χ4v) is 3.20. The van der Waals surface area contributed by atoms with Crippen LogP contribution >= 0.6 is 11.3 Å². The summed E-state index contributed by atoms with van der Waals surface area (Å²) in [6, 6.07) is 14.6. The molecule has 0 amide bonds. The van der Waals surface area contributed by atoms with Gasteiger partial charge in [0.2, 0.25) is 5.43 Å². The molecule has 0 saturated carbocycles. The lowest BCUT2D eigenvalue weighted by atomic mass is 9.93. The molecule has 3 aromatic rings. The molecule has 0 saturated heterocycles. The number of benzene rings is 1. The largest absolute Gasteiger partial charge is 0.504 e. The maximum Gasteiger partial charge on any atom is 0.220 e. The van der Waals surface area contributed by atoms with Gasteiger partial charge in [-0.15, -0.1) is 11.3 Å². The summed E-state index contributed by atoms with van der Waals surface area (Å²) in [6.45, 7) is -0.0512. The standard InChI is InChI=1S/C19H17NO3S/c21-10-15(8-13-4-2-1-3-5-13)14-6-7-18(22)19(23)16(9-14)17-11-24-12-20-17/h1-7,9,11-12,15,21H,8,10H2,(H,22,23). The Bertz CT molecular complexity index is 864. The van der Waals surface area contributed by atoms with Gasteiger partial charge in [-0.1, -0.05) is 36.4 Å². The van der Waals surface area contributed by atoms with E-state index in [4.69, 9.17) is 0 Å². The zero-order valence-corrected chi connectivity index (χ0v) is 13.7. The molecule has 24 heavy (non-hydrogen) atoms. The SMILES string of the molecule is O=c1ccc(C(CO)Cc2ccccc2)cc(-c2cscn2)c1O. The van der Waals surface area contributed by atoms with E-state index in [2.05, 4.69) is 4.98 Å². The van der Waals surface area contributed by atoms with Crippen molar-refractivity contribution in [1.82, 2.24) is 4.98 Å². The van der Waals surface area contributed by atoms with Gasteiger partial charge in [-0.2, -0.15) is 0 Å². The van der Waals surface area contributed by atoms with Crippen LogP contribution in [-0.2, 0) is 6.42 Å². The van der Waals surface area contributed by atoms with E-state index in [1.807, 2.05) is 30.3 Å². The highest BCUT2D eigenvalue weighted by molar-refractivity contribution is 7.07. The molecule has 0 aliphatic heterocycles. The molecule has 2 N–H and O–H groups in total. The van der Waals surface area contributed by atoms with Gasteiger partial charge in [0.15, 0.2) is 5.75 Å². The minimum Gasteiger partial charge on any atom is -0.504 e. The first-order chi connectivity index (χ1) is 11.7. The van der Waals surface area contributed by atoms with E-state index >= 15 is 0 Å². The van der Waals surface area contributed by atoms with Crippen LogP contribution in [0, 0.1) is 0 Å². The zero-order valence-electron chi connectivity index (χ0n) is 12.9. The summed E-state index contributed by atoms with van der Waals surface area (Å²) in [5.41, 5.74) is 4.04. The van der Waals surface area contributed by atoms with Crippen molar-refractivity contribution < 1.29 is 10.2 Å². The first-order valence-corrected chi connectivity index (χ1v) is 8.54. The summed E-state index contributed by atoms with van der Waals surface area (Å²) in [5.74, 6) is -0.487. The lowest BCUT2D eigenvalue weighted by Gasteiger charge is -2.14. The van der Waals surface area contributed by atoms with Crippen LogP contribution in [-0.4, -0.2) is 21.8 Å². The molecule has 1 aromatic heterocycles. The highest BCUT2D eigenvalue weighted by Gasteiger charge is 2.15. The van der Waals surface area contributed by atoms with E-state index in [1.165, 1.54) is 17.4 Å². The summed E-state index contributed by atoms with van der Waals surface area (Å²) in [4.78, 5) is 16.2. The quantitative estimate of drug-likeness (QED) is 0.749. The fraction of sp³-hybridized carbons (Fsp3) is 0.158. The van der Waals surface area contributed by atoms with E-state index in [0.717, 1.165) is 11.1 Å². The van der Waals surface area contributed by atoms with Crippen LogP contribution in [0.15, 0.2) is 64.2 Å². The summed E-state index contributed by atoms with van der Waals surface area (Å²) in [5, 5.41) is 21.8. The Hall–Kier alpha value is -2.50. The molecule has 0 radical (unpaired) electrons. The van der Waals surface area contributed by atoms with Crippen molar-refractivity contribution in [2.24, 2.45) is 0 Å². The molecule has 0 aliphatic carbocycles. The van der Waals surface area contributed by atoms with Crippen LogP contribution in [0.3, 0.4) is 0 Å². The third-order valence-corrected chi connectivity index (χ3v) is 4.54. The Balaban J connectivity index is 2.05. The van der Waals surface area contributed by atoms with E-state index in [-0.39, 0.29) is 18.3 Å². The first-order valence-electron chi connectivity index (χ1n) is 7.59. The second kappa shape index (κ2) is 7.38. The predicted molar refractivity (Wildman–Crippen MR) is 95.5 cm³/mol. The van der Waals surface area contributed by atoms with E-state index in [1.54, 1.807) is 23.0 Å². The van der Waals surface area contributed by atoms with Crippen LogP contribution in [0.2, 0.25) is 0 Å². The number of aliphatic hydroxyl groups excluding tert-OH is 1. The normalized spacial score (nSPS) is 12.0. The number of rotatable bonds is 5. The second-order valence-electron chi connectivity index (χ2n) is 5.55. The van der Waals surface area contributed by atoms with Gasteiger partial charge >= 0.3 is 0 Å². The molecule has 4 nitrogen and oxygen atoms in total. The molecule has 3 rings (SSSR count). The number of aliphatic hydroxyl groups is 1. The van der Waals surface area contributed by atoms with Crippen LogP contribution in [0.5, 0.6) is 5.75 Å². The Morgan fingerprint density at radius 3 is 2.58 bits per heavy atom. The maximum atomic E-state index is 12.0. The molecule has 5 heteroatoms. The van der Waals surface area contributed by atoms with Gasteiger partial charge in [0.1, 0.15) is 0 Å². The number of aromatic nitrogens is 1. The van der Waals surface area contributed by atoms with Gasteiger partial charge in [0, 0.05) is 16.9 Å². The molecular formula is C19H17NO3S. The number of nitrogens with zero attached hydrogens (tertiary/aromatic N) is 1. The van der Waals surface area contributed by atoms with Crippen molar-refractivity contribution in [2.45, 2.75) is 12.3 Å². The van der Waals surface area contributed by atoms with Crippen LogP contribution in [0.25, 0.3) is 11.3 Å². The van der Waals surface area contributed by atoms with Gasteiger partial charge in [-0.3, -0.25) is 4.79 Å². The topological polar surface area (TPSA) is 70.4 Å². The minimum atomic E-state index is -0.458. The van der Waals surface area contributed by atoms with Gasteiger partial charge in [-0.25, -0.2) is 4.98 Å². The monoisotopic (exact) mass is 339 g/mol. The zero-order chi connectivity index (χ0) is 16.9. The number of thiazole rings is 1. The Labute approximate surface area is 143 Å². The fourth-order valence-electron chi connectivity index (χ4n) is 2.65. The third kappa shape index (κ3) is 3.53. The van der Waals surface area contributed by atoms with Gasteiger partial charge < -0.3 is 10.2 Å². The van der Waals surface area contributed by atoms with Crippen LogP contribution in [0.1, 0.15) is 17.0 Å². The molecule has 1 unspecified atom stereocenters. The molecular weight excluding hydrogens is 322 g/mol. The van der Waals surface area contributed by atoms with E-state index < -0.39 is 5.43 Å². The minimum absolute atomic E-state index is 0.0512. The van der Waals surface area contributed by atoms with Gasteiger partial charge in [-0.05, 0) is 29.7 Å². The van der Waals surface area contributed by atoms with Crippen molar-refractivity contribution in [1.29, 1.82) is 0 Å². The molecule has 0 fully saturated rings. The van der Waals surface area contributed by atoms with E-state index in [9.17, 15) is 15.0 Å². The van der Waals surface area contributed by atoms with Crippen molar-refractivity contribution in [3.63, 3.8) is 0 Å². The lowest BCUT2D eigenvalue weighted by Crippen LogP contribution is -2.07. The van der Waals surface area contributed by atoms with Gasteiger partial charge in [0.25, 0.3) is 0 Å². The average Bonchev–Trinajstić information content (AvgIpc) is 3.10. The number of hydrogen-bond donors (Lipinski definition) is 2. The van der Waals surface area contributed by atoms with E-state index in [0.29, 0.717) is 17.7 Å². The van der Waals surface area contributed by atoms with Crippen molar-refractivity contribution in [3.05, 3.63) is 80.8 Å². The maximum absolute atomic E-state index is 12.0. The van der Waals surface area contributed by atoms with Crippen LogP contribution < -0.4 is 5.43 Å².